The van der Waals surface area contributed by atoms with Gasteiger partial charge in [-0.15, -0.1) is 0 Å². The second-order valence-corrected chi connectivity index (χ2v) is 5.21. The summed E-state index contributed by atoms with van der Waals surface area (Å²) in [7, 11) is 1.88. The van der Waals surface area contributed by atoms with E-state index in [-0.39, 0.29) is 11.1 Å². The Balaban J connectivity index is 1.94. The van der Waals surface area contributed by atoms with Gasteiger partial charge in [0.25, 0.3) is 5.91 Å². The van der Waals surface area contributed by atoms with Crippen LogP contribution in [0.1, 0.15) is 15.9 Å². The molecule has 108 valence electrons. The predicted octanol–water partition coefficient (Wildman–Crippen LogP) is 3.35. The minimum absolute atomic E-state index is 0.262. The van der Waals surface area contributed by atoms with Gasteiger partial charge in [0.05, 0.1) is 5.56 Å². The van der Waals surface area contributed by atoms with E-state index in [1.807, 2.05) is 17.7 Å². The normalized spacial score (nSPS) is 10.4. The van der Waals surface area contributed by atoms with Crippen molar-refractivity contribution in [3.63, 3.8) is 0 Å². The number of nitrogens with zero attached hydrogens (tertiary/aromatic N) is 3. The highest BCUT2D eigenvalue weighted by atomic mass is 35.5. The Bertz CT molecular complexity index is 924. The molecule has 6 heteroatoms. The smallest absolute Gasteiger partial charge is 0.255 e. The number of amides is 1. The quantitative estimate of drug-likeness (QED) is 0.738. The van der Waals surface area contributed by atoms with Crippen LogP contribution in [0.15, 0.2) is 42.7 Å². The van der Waals surface area contributed by atoms with E-state index < -0.39 is 0 Å². The number of fused-ring (bicyclic) bond motifs is 1. The van der Waals surface area contributed by atoms with Crippen LogP contribution in [-0.2, 0) is 7.05 Å². The van der Waals surface area contributed by atoms with Crippen LogP contribution in [0.25, 0.3) is 10.9 Å². The highest BCUT2D eigenvalue weighted by Crippen LogP contribution is 2.24. The van der Waals surface area contributed by atoms with Crippen molar-refractivity contribution in [1.82, 2.24) is 9.55 Å². The number of nitrogens with one attached hydrogen (secondary N) is 1. The van der Waals surface area contributed by atoms with Crippen LogP contribution in [0.2, 0.25) is 5.15 Å². The van der Waals surface area contributed by atoms with Crippen LogP contribution in [-0.4, -0.2) is 15.5 Å². The maximum absolute atomic E-state index is 12.2. The van der Waals surface area contributed by atoms with Gasteiger partial charge in [-0.25, -0.2) is 4.98 Å². The van der Waals surface area contributed by atoms with Crippen molar-refractivity contribution >= 4 is 34.1 Å². The molecule has 0 aliphatic heterocycles. The van der Waals surface area contributed by atoms with Crippen LogP contribution in [0.3, 0.4) is 0 Å². The minimum atomic E-state index is -0.280. The van der Waals surface area contributed by atoms with Gasteiger partial charge in [0.2, 0.25) is 0 Å². The van der Waals surface area contributed by atoms with Gasteiger partial charge in [0.1, 0.15) is 11.2 Å². The SMILES string of the molecule is Cn1cc(C#N)c2cc(NC(=O)c3ccnc(Cl)c3)ccc21. The second-order valence-electron chi connectivity index (χ2n) is 4.82. The van der Waals surface area contributed by atoms with Crippen molar-refractivity contribution in [2.75, 3.05) is 5.32 Å². The average Bonchev–Trinajstić information content (AvgIpc) is 2.83. The topological polar surface area (TPSA) is 70.7 Å². The third kappa shape index (κ3) is 2.52. The molecule has 3 rings (SSSR count). The molecule has 3 aromatic rings. The fourth-order valence-electron chi connectivity index (χ4n) is 2.31. The molecule has 1 aromatic carbocycles. The van der Waals surface area contributed by atoms with Gasteiger partial charge >= 0.3 is 0 Å². The summed E-state index contributed by atoms with van der Waals surface area (Å²) in [5, 5.41) is 13.0. The second kappa shape index (κ2) is 5.51. The molecule has 2 heterocycles. The molecule has 0 saturated heterocycles. The molecule has 0 aliphatic rings. The largest absolute Gasteiger partial charge is 0.349 e. The Morgan fingerprint density at radius 2 is 2.18 bits per heavy atom. The van der Waals surface area contributed by atoms with E-state index in [4.69, 9.17) is 16.9 Å². The van der Waals surface area contributed by atoms with Gasteiger partial charge in [-0.3, -0.25) is 4.79 Å². The number of halogens is 1. The summed E-state index contributed by atoms with van der Waals surface area (Å²) in [6, 6.07) is 10.7. The van der Waals surface area contributed by atoms with Gasteiger partial charge in [-0.2, -0.15) is 5.26 Å². The number of benzene rings is 1. The lowest BCUT2D eigenvalue weighted by atomic mass is 10.1. The lowest BCUT2D eigenvalue weighted by Gasteiger charge is -2.06. The molecular weight excluding hydrogens is 300 g/mol. The molecule has 0 aliphatic carbocycles. The first-order valence-electron chi connectivity index (χ1n) is 6.50. The summed E-state index contributed by atoms with van der Waals surface area (Å²) in [5.41, 5.74) is 2.55. The van der Waals surface area contributed by atoms with Crippen molar-refractivity contribution in [2.24, 2.45) is 7.05 Å². The Morgan fingerprint density at radius 3 is 2.91 bits per heavy atom. The monoisotopic (exact) mass is 310 g/mol. The fourth-order valence-corrected chi connectivity index (χ4v) is 2.48. The fraction of sp³-hybridized carbons (Fsp3) is 0.0625. The van der Waals surface area contributed by atoms with E-state index in [0.717, 1.165) is 10.9 Å². The summed E-state index contributed by atoms with van der Waals surface area (Å²) in [4.78, 5) is 16.0. The number of anilines is 1. The lowest BCUT2D eigenvalue weighted by molar-refractivity contribution is 0.102. The summed E-state index contributed by atoms with van der Waals surface area (Å²) in [5.74, 6) is -0.280. The molecule has 1 amide bonds. The molecule has 0 unspecified atom stereocenters. The maximum Gasteiger partial charge on any atom is 0.255 e. The standard InChI is InChI=1S/C16H11ClN4O/c1-21-9-11(8-18)13-7-12(2-3-14(13)21)20-16(22)10-4-5-19-15(17)6-10/h2-7,9H,1H3,(H,20,22). The zero-order chi connectivity index (χ0) is 15.7. The molecule has 2 aromatic heterocycles. The van der Waals surface area contributed by atoms with E-state index in [0.29, 0.717) is 16.8 Å². The number of hydrogen-bond acceptors (Lipinski definition) is 3. The van der Waals surface area contributed by atoms with Gasteiger partial charge in [0.15, 0.2) is 0 Å². The highest BCUT2D eigenvalue weighted by Gasteiger charge is 2.10. The molecule has 0 bridgehead atoms. The van der Waals surface area contributed by atoms with E-state index in [2.05, 4.69) is 16.4 Å². The van der Waals surface area contributed by atoms with E-state index in [9.17, 15) is 4.79 Å². The number of nitriles is 1. The van der Waals surface area contributed by atoms with Crippen LogP contribution >= 0.6 is 11.6 Å². The first kappa shape index (κ1) is 14.1. The third-order valence-corrected chi connectivity index (χ3v) is 3.56. The van der Waals surface area contributed by atoms with E-state index in [1.54, 1.807) is 24.4 Å². The van der Waals surface area contributed by atoms with E-state index >= 15 is 0 Å². The number of rotatable bonds is 2. The molecule has 1 N–H and O–H groups in total. The zero-order valence-electron chi connectivity index (χ0n) is 11.7. The number of aromatic nitrogens is 2. The molecule has 0 spiro atoms. The van der Waals surface area contributed by atoms with Gasteiger partial charge in [-0.1, -0.05) is 11.6 Å². The van der Waals surface area contributed by atoms with Crippen LogP contribution in [0.5, 0.6) is 0 Å². The number of carbonyl (C=O) groups is 1. The van der Waals surface area contributed by atoms with Crippen LogP contribution in [0.4, 0.5) is 5.69 Å². The summed E-state index contributed by atoms with van der Waals surface area (Å²) >= 11 is 5.78. The Morgan fingerprint density at radius 1 is 1.36 bits per heavy atom. The first-order valence-corrected chi connectivity index (χ1v) is 6.88. The minimum Gasteiger partial charge on any atom is -0.349 e. The predicted molar refractivity (Wildman–Crippen MR) is 84.8 cm³/mol. The van der Waals surface area contributed by atoms with Crippen molar-refractivity contribution in [3.8, 4) is 6.07 Å². The van der Waals surface area contributed by atoms with E-state index in [1.165, 1.54) is 12.3 Å². The Kier molecular flexibility index (Phi) is 3.53. The first-order chi connectivity index (χ1) is 10.6. The number of hydrogen-bond donors (Lipinski definition) is 1. The van der Waals surface area contributed by atoms with Crippen molar-refractivity contribution < 1.29 is 4.79 Å². The number of aryl methyl sites for hydroxylation is 1. The third-order valence-electron chi connectivity index (χ3n) is 3.36. The molecular formula is C16H11ClN4O. The van der Waals surface area contributed by atoms with Crippen molar-refractivity contribution in [2.45, 2.75) is 0 Å². The molecule has 0 fully saturated rings. The zero-order valence-corrected chi connectivity index (χ0v) is 12.4. The molecule has 22 heavy (non-hydrogen) atoms. The molecule has 5 nitrogen and oxygen atoms in total. The van der Waals surface area contributed by atoms with Crippen LogP contribution < -0.4 is 5.32 Å². The highest BCUT2D eigenvalue weighted by molar-refractivity contribution is 6.29. The number of carbonyl (C=O) groups excluding carboxylic acids is 1. The van der Waals surface area contributed by atoms with Crippen molar-refractivity contribution in [1.29, 1.82) is 5.26 Å². The molecule has 0 atom stereocenters. The number of pyridine rings is 1. The Hall–Kier alpha value is -2.84. The molecule has 0 radical (unpaired) electrons. The summed E-state index contributed by atoms with van der Waals surface area (Å²) in [6.45, 7) is 0. The van der Waals surface area contributed by atoms with Gasteiger partial charge in [-0.05, 0) is 30.3 Å². The Labute approximate surface area is 131 Å². The maximum atomic E-state index is 12.2. The van der Waals surface area contributed by atoms with Crippen molar-refractivity contribution in [3.05, 3.63) is 59.0 Å². The van der Waals surface area contributed by atoms with Crippen LogP contribution in [0, 0.1) is 11.3 Å². The molecule has 0 saturated carbocycles. The summed E-state index contributed by atoms with van der Waals surface area (Å²) < 4.78 is 1.88. The summed E-state index contributed by atoms with van der Waals surface area (Å²) in [6.07, 6.45) is 3.24. The van der Waals surface area contributed by atoms with Gasteiger partial charge in [0, 0.05) is 41.6 Å². The van der Waals surface area contributed by atoms with Gasteiger partial charge < -0.3 is 9.88 Å². The lowest BCUT2D eigenvalue weighted by Crippen LogP contribution is -2.11. The average molecular weight is 311 g/mol.